The second-order valence-electron chi connectivity index (χ2n) is 21.1. The third-order valence-corrected chi connectivity index (χ3v) is 14.9. The van der Waals surface area contributed by atoms with Gasteiger partial charge in [-0.15, -0.1) is 0 Å². The SMILES string of the molecule is Cc1cccc(N(c2ccc3c(c2)[C@]24CCC[C@]2(CCC4)c2cc(N(c4cccc(C)c4)c4c(C)cc(C(C)(C)C)cc4C)ccc2-3)c2c(C)cc(C(C)(C)C)cc2C)c1. The molecule has 2 nitrogen and oxygen atoms in total. The standard InChI is InChI=1S/C58H66N2/c1-37-17-13-19-45(29-37)59(53-39(3)31-43(32-40(53)4)55(7,8)9)47-21-23-49-50-24-22-48(36-52(50)58-27-15-25-57(58,26-16-28-58)51(49)35-47)60(46-20-14-18-38(2)30-46)54-41(5)33-44(34-42(54)6)56(10,11)12/h13-14,17-24,29-36H,15-16,25-28H2,1-12H3/t57-,58+. The van der Waals surface area contributed by atoms with Crippen LogP contribution in [0.5, 0.6) is 0 Å². The van der Waals surface area contributed by atoms with Crippen molar-refractivity contribution in [1.29, 1.82) is 0 Å². The van der Waals surface area contributed by atoms with Gasteiger partial charge in [-0.2, -0.15) is 0 Å². The van der Waals surface area contributed by atoms with Gasteiger partial charge in [0.1, 0.15) is 0 Å². The molecule has 0 bridgehead atoms. The first kappa shape index (κ1) is 40.3. The van der Waals surface area contributed by atoms with Crippen LogP contribution in [0.1, 0.15) is 136 Å². The molecule has 0 unspecified atom stereocenters. The Balaban J connectivity index is 1.25. The highest BCUT2D eigenvalue weighted by atomic mass is 15.2. The smallest absolute Gasteiger partial charge is 0.0520 e. The minimum absolute atomic E-state index is 0.0837. The molecule has 6 aromatic carbocycles. The highest BCUT2D eigenvalue weighted by Gasteiger charge is 2.62. The summed E-state index contributed by atoms with van der Waals surface area (Å²) >= 11 is 0. The summed E-state index contributed by atoms with van der Waals surface area (Å²) in [4.78, 5) is 5.14. The fourth-order valence-electron chi connectivity index (χ4n) is 12.1. The molecule has 0 N–H and O–H groups in total. The number of rotatable bonds is 6. The van der Waals surface area contributed by atoms with Gasteiger partial charge in [-0.25, -0.2) is 0 Å². The average molecular weight is 791 g/mol. The van der Waals surface area contributed by atoms with Crippen molar-refractivity contribution in [1.82, 2.24) is 0 Å². The van der Waals surface area contributed by atoms with Crippen molar-refractivity contribution >= 4 is 34.1 Å². The fourth-order valence-corrected chi connectivity index (χ4v) is 12.1. The van der Waals surface area contributed by atoms with Crippen molar-refractivity contribution < 1.29 is 0 Å². The van der Waals surface area contributed by atoms with Crippen LogP contribution in [-0.2, 0) is 21.7 Å². The molecule has 0 heterocycles. The third kappa shape index (κ3) is 6.35. The molecule has 9 rings (SSSR count). The van der Waals surface area contributed by atoms with Gasteiger partial charge < -0.3 is 9.80 Å². The van der Waals surface area contributed by atoms with Crippen molar-refractivity contribution in [3.8, 4) is 11.1 Å². The second-order valence-corrected chi connectivity index (χ2v) is 21.1. The average Bonchev–Trinajstić information content (AvgIpc) is 3.75. The summed E-state index contributed by atoms with van der Waals surface area (Å²) in [5, 5.41) is 0. The van der Waals surface area contributed by atoms with Crippen molar-refractivity contribution in [3.05, 3.63) is 165 Å². The topological polar surface area (TPSA) is 6.48 Å². The van der Waals surface area contributed by atoms with Gasteiger partial charge >= 0.3 is 0 Å². The van der Waals surface area contributed by atoms with Crippen LogP contribution in [0.4, 0.5) is 34.1 Å². The van der Waals surface area contributed by atoms with E-state index < -0.39 is 0 Å². The molecule has 3 aliphatic rings. The van der Waals surface area contributed by atoms with E-state index in [-0.39, 0.29) is 21.7 Å². The van der Waals surface area contributed by atoms with Crippen molar-refractivity contribution in [3.63, 3.8) is 0 Å². The van der Waals surface area contributed by atoms with Gasteiger partial charge in [0.05, 0.1) is 11.4 Å². The normalized spacial score (nSPS) is 19.4. The number of nitrogens with zero attached hydrogens (tertiary/aromatic N) is 2. The maximum atomic E-state index is 2.64. The Morgan fingerprint density at radius 3 is 1.05 bits per heavy atom. The van der Waals surface area contributed by atoms with E-state index >= 15 is 0 Å². The summed E-state index contributed by atoms with van der Waals surface area (Å²) in [6, 6.07) is 43.0. The Bertz CT molecular complexity index is 2420. The Hall–Kier alpha value is -5.08. The molecule has 2 heteroatoms. The summed E-state index contributed by atoms with van der Waals surface area (Å²) in [5.74, 6) is 0. The van der Waals surface area contributed by atoms with Gasteiger partial charge in [-0.1, -0.05) is 115 Å². The predicted octanol–water partition coefficient (Wildman–Crippen LogP) is 16.6. The Kier molecular flexibility index (Phi) is 9.58. The fraction of sp³-hybridized carbons (Fsp3) is 0.379. The van der Waals surface area contributed by atoms with Gasteiger partial charge in [0, 0.05) is 33.6 Å². The first-order chi connectivity index (χ1) is 28.4. The summed E-state index contributed by atoms with van der Waals surface area (Å²) < 4.78 is 0. The molecule has 0 saturated heterocycles. The molecule has 0 aromatic heterocycles. The summed E-state index contributed by atoms with van der Waals surface area (Å²) in [7, 11) is 0. The Morgan fingerprint density at radius 1 is 0.400 bits per heavy atom. The first-order valence-corrected chi connectivity index (χ1v) is 22.7. The second kappa shape index (κ2) is 14.3. The predicted molar refractivity (Wildman–Crippen MR) is 258 cm³/mol. The lowest BCUT2D eigenvalue weighted by molar-refractivity contribution is 0.299. The Labute approximate surface area is 361 Å². The zero-order valence-electron chi connectivity index (χ0n) is 38.5. The molecule has 0 radical (unpaired) electrons. The zero-order valence-corrected chi connectivity index (χ0v) is 38.5. The zero-order chi connectivity index (χ0) is 42.5. The van der Waals surface area contributed by atoms with Gasteiger partial charge in [0.25, 0.3) is 0 Å². The maximum Gasteiger partial charge on any atom is 0.0520 e. The van der Waals surface area contributed by atoms with Crippen molar-refractivity contribution in [2.75, 3.05) is 9.80 Å². The van der Waals surface area contributed by atoms with E-state index in [1.807, 2.05) is 0 Å². The van der Waals surface area contributed by atoms with E-state index in [1.165, 1.54) is 128 Å². The van der Waals surface area contributed by atoms with Crippen LogP contribution in [0.3, 0.4) is 0 Å². The molecule has 0 amide bonds. The largest absolute Gasteiger partial charge is 0.310 e. The molecule has 6 aromatic rings. The van der Waals surface area contributed by atoms with Crippen molar-refractivity contribution in [2.45, 2.75) is 143 Å². The number of benzene rings is 6. The van der Waals surface area contributed by atoms with Crippen LogP contribution in [0.25, 0.3) is 11.1 Å². The lowest BCUT2D eigenvalue weighted by atomic mass is 9.55. The molecule has 60 heavy (non-hydrogen) atoms. The number of fused-ring (bicyclic) bond motifs is 3. The van der Waals surface area contributed by atoms with Gasteiger partial charge in [0.2, 0.25) is 0 Å². The summed E-state index contributed by atoms with van der Waals surface area (Å²) in [6.45, 7) is 27.6. The van der Waals surface area contributed by atoms with E-state index in [1.54, 1.807) is 11.1 Å². The van der Waals surface area contributed by atoms with Crippen LogP contribution < -0.4 is 9.80 Å². The molecule has 0 spiro atoms. The first-order valence-electron chi connectivity index (χ1n) is 22.7. The minimum Gasteiger partial charge on any atom is -0.310 e. The third-order valence-electron chi connectivity index (χ3n) is 14.9. The number of aryl methyl sites for hydroxylation is 6. The molecule has 308 valence electrons. The molecule has 2 saturated carbocycles. The monoisotopic (exact) mass is 791 g/mol. The van der Waals surface area contributed by atoms with Gasteiger partial charge in [-0.05, 0) is 193 Å². The van der Waals surface area contributed by atoms with Gasteiger partial charge in [-0.3, -0.25) is 0 Å². The van der Waals surface area contributed by atoms with Crippen LogP contribution in [0, 0.1) is 41.5 Å². The maximum absolute atomic E-state index is 2.64. The van der Waals surface area contributed by atoms with E-state index in [9.17, 15) is 0 Å². The molecular weight excluding hydrogens is 725 g/mol. The highest BCUT2D eigenvalue weighted by Crippen LogP contribution is 2.70. The number of hydrogen-bond donors (Lipinski definition) is 0. The minimum atomic E-state index is 0.0837. The molecule has 0 aliphatic heterocycles. The quantitative estimate of drug-likeness (QED) is 0.166. The molecule has 0 atom stereocenters. The molecule has 2 fully saturated rings. The van der Waals surface area contributed by atoms with E-state index in [0.29, 0.717) is 0 Å². The molecule has 3 aliphatic carbocycles. The number of hydrogen-bond acceptors (Lipinski definition) is 2. The van der Waals surface area contributed by atoms with E-state index in [2.05, 4.69) is 202 Å². The van der Waals surface area contributed by atoms with Crippen molar-refractivity contribution in [2.24, 2.45) is 0 Å². The summed E-state index contributed by atoms with van der Waals surface area (Å²) in [5.41, 5.74) is 24.7. The Morgan fingerprint density at radius 2 is 0.733 bits per heavy atom. The lowest BCUT2D eigenvalue weighted by Gasteiger charge is -2.48. The van der Waals surface area contributed by atoms with E-state index in [0.717, 1.165) is 0 Å². The van der Waals surface area contributed by atoms with Crippen LogP contribution in [0.15, 0.2) is 109 Å². The summed E-state index contributed by atoms with van der Waals surface area (Å²) in [6.07, 6.45) is 7.56. The van der Waals surface area contributed by atoms with E-state index in [4.69, 9.17) is 0 Å². The highest BCUT2D eigenvalue weighted by molar-refractivity contribution is 5.89. The van der Waals surface area contributed by atoms with Crippen LogP contribution in [0.2, 0.25) is 0 Å². The van der Waals surface area contributed by atoms with Crippen LogP contribution >= 0.6 is 0 Å². The lowest BCUT2D eigenvalue weighted by Crippen LogP contribution is -2.43. The molecular formula is C58H66N2. The van der Waals surface area contributed by atoms with Gasteiger partial charge in [0.15, 0.2) is 0 Å². The number of anilines is 6. The van der Waals surface area contributed by atoms with Crippen LogP contribution in [-0.4, -0.2) is 0 Å².